The Morgan fingerprint density at radius 1 is 1.39 bits per heavy atom. The number of likely N-dealkylation sites (tertiary alicyclic amines) is 1. The Morgan fingerprint density at radius 2 is 2.11 bits per heavy atom. The van der Waals surface area contributed by atoms with Gasteiger partial charge in [0, 0.05) is 13.1 Å². The molecule has 0 aliphatic carbocycles. The fraction of sp³-hybridized carbons (Fsp3) is 0.533. The topological polar surface area (TPSA) is 29.5 Å². The van der Waals surface area contributed by atoms with E-state index in [1.54, 1.807) is 7.11 Å². The zero-order chi connectivity index (χ0) is 13.0. The smallest absolute Gasteiger partial charge is 0.226 e. The normalized spacial score (nSPS) is 16.7. The van der Waals surface area contributed by atoms with Crippen LogP contribution in [0.25, 0.3) is 0 Å². The van der Waals surface area contributed by atoms with E-state index in [2.05, 4.69) is 6.92 Å². The summed E-state index contributed by atoms with van der Waals surface area (Å²) in [4.78, 5) is 14.1. The minimum Gasteiger partial charge on any atom is -0.497 e. The molecule has 1 fully saturated rings. The molecule has 0 unspecified atom stereocenters. The zero-order valence-corrected chi connectivity index (χ0v) is 11.2. The van der Waals surface area contributed by atoms with Crippen LogP contribution in [-0.2, 0) is 11.2 Å². The fourth-order valence-electron chi connectivity index (χ4n) is 2.33. The third-order valence-corrected chi connectivity index (χ3v) is 3.63. The summed E-state index contributed by atoms with van der Waals surface area (Å²) in [7, 11) is 1.65. The molecule has 1 aliphatic heterocycles. The Labute approximate surface area is 109 Å². The van der Waals surface area contributed by atoms with E-state index in [0.717, 1.165) is 43.2 Å². The summed E-state index contributed by atoms with van der Waals surface area (Å²) in [6, 6.07) is 7.74. The molecule has 0 aromatic heterocycles. The number of carbonyl (C=O) groups excluding carboxylic acids is 1. The lowest BCUT2D eigenvalue weighted by molar-refractivity contribution is -0.131. The molecule has 98 valence electrons. The minimum atomic E-state index is 0.232. The van der Waals surface area contributed by atoms with Gasteiger partial charge in [-0.15, -0.1) is 0 Å². The number of rotatable bonds is 3. The Kier molecular flexibility index (Phi) is 4.24. The second-order valence-electron chi connectivity index (χ2n) is 5.09. The second-order valence-corrected chi connectivity index (χ2v) is 5.09. The first-order valence-corrected chi connectivity index (χ1v) is 6.59. The van der Waals surface area contributed by atoms with E-state index >= 15 is 0 Å². The van der Waals surface area contributed by atoms with E-state index in [1.807, 2.05) is 29.2 Å². The van der Waals surface area contributed by atoms with Crippen LogP contribution in [0.1, 0.15) is 25.3 Å². The van der Waals surface area contributed by atoms with Gasteiger partial charge in [-0.3, -0.25) is 4.79 Å². The van der Waals surface area contributed by atoms with Crippen LogP contribution in [-0.4, -0.2) is 31.0 Å². The van der Waals surface area contributed by atoms with Crippen molar-refractivity contribution >= 4 is 5.91 Å². The van der Waals surface area contributed by atoms with Gasteiger partial charge in [0.05, 0.1) is 13.5 Å². The maximum atomic E-state index is 12.2. The maximum Gasteiger partial charge on any atom is 0.226 e. The van der Waals surface area contributed by atoms with E-state index in [4.69, 9.17) is 4.74 Å². The van der Waals surface area contributed by atoms with Crippen molar-refractivity contribution in [3.05, 3.63) is 29.8 Å². The number of hydrogen-bond acceptors (Lipinski definition) is 2. The summed E-state index contributed by atoms with van der Waals surface area (Å²) in [5.74, 6) is 1.80. The van der Waals surface area contributed by atoms with Crippen LogP contribution >= 0.6 is 0 Å². The molecule has 1 aromatic carbocycles. The number of nitrogens with zero attached hydrogens (tertiary/aromatic N) is 1. The largest absolute Gasteiger partial charge is 0.497 e. The lowest BCUT2D eigenvalue weighted by Crippen LogP contribution is -2.38. The van der Waals surface area contributed by atoms with E-state index in [1.165, 1.54) is 0 Å². The molecule has 0 radical (unpaired) electrons. The summed E-state index contributed by atoms with van der Waals surface area (Å²) in [6.45, 7) is 4.07. The predicted octanol–water partition coefficient (Wildman–Crippen LogP) is 2.50. The molecule has 3 nitrogen and oxygen atoms in total. The molecule has 0 bridgehead atoms. The van der Waals surface area contributed by atoms with Crippen LogP contribution in [0.5, 0.6) is 5.75 Å². The molecule has 1 saturated heterocycles. The summed E-state index contributed by atoms with van der Waals surface area (Å²) < 4.78 is 5.17. The average Bonchev–Trinajstić information content (AvgIpc) is 2.39. The van der Waals surface area contributed by atoms with Crippen molar-refractivity contribution < 1.29 is 9.53 Å². The van der Waals surface area contributed by atoms with E-state index in [9.17, 15) is 4.79 Å². The van der Waals surface area contributed by atoms with Gasteiger partial charge in [0.2, 0.25) is 5.91 Å². The van der Waals surface area contributed by atoms with Gasteiger partial charge in [-0.1, -0.05) is 19.1 Å². The number of ether oxygens (including phenoxy) is 1. The summed E-state index contributed by atoms with van der Waals surface area (Å²) >= 11 is 0. The highest BCUT2D eigenvalue weighted by Crippen LogP contribution is 2.18. The van der Waals surface area contributed by atoms with E-state index in [0.29, 0.717) is 6.42 Å². The standard InChI is InChI=1S/C15H21NO2/c1-12-6-8-16(9-7-12)15(17)11-13-4-3-5-14(10-13)18-2/h3-5,10,12H,6-9,11H2,1-2H3. The Bertz CT molecular complexity index is 409. The Balaban J connectivity index is 1.94. The number of benzene rings is 1. The first-order valence-electron chi connectivity index (χ1n) is 6.59. The molecule has 2 rings (SSSR count). The van der Waals surface area contributed by atoms with Crippen molar-refractivity contribution in [2.45, 2.75) is 26.2 Å². The van der Waals surface area contributed by atoms with Crippen LogP contribution in [0.4, 0.5) is 0 Å². The molecule has 1 aliphatic rings. The van der Waals surface area contributed by atoms with Crippen LogP contribution in [0.15, 0.2) is 24.3 Å². The van der Waals surface area contributed by atoms with Crippen LogP contribution < -0.4 is 4.74 Å². The van der Waals surface area contributed by atoms with Gasteiger partial charge in [0.25, 0.3) is 0 Å². The van der Waals surface area contributed by atoms with Crippen molar-refractivity contribution in [3.8, 4) is 5.75 Å². The number of amides is 1. The van der Waals surface area contributed by atoms with Gasteiger partial charge in [-0.25, -0.2) is 0 Å². The van der Waals surface area contributed by atoms with Gasteiger partial charge < -0.3 is 9.64 Å². The lowest BCUT2D eigenvalue weighted by Gasteiger charge is -2.30. The number of hydrogen-bond donors (Lipinski definition) is 0. The Morgan fingerprint density at radius 3 is 2.78 bits per heavy atom. The van der Waals surface area contributed by atoms with Crippen molar-refractivity contribution in [1.82, 2.24) is 4.90 Å². The number of methoxy groups -OCH3 is 1. The van der Waals surface area contributed by atoms with Crippen molar-refractivity contribution in [1.29, 1.82) is 0 Å². The minimum absolute atomic E-state index is 0.232. The molecular formula is C15H21NO2. The summed E-state index contributed by atoms with van der Waals surface area (Å²) in [5, 5.41) is 0. The Hall–Kier alpha value is -1.51. The van der Waals surface area contributed by atoms with Crippen LogP contribution in [0, 0.1) is 5.92 Å². The summed E-state index contributed by atoms with van der Waals surface area (Å²) in [5.41, 5.74) is 1.03. The monoisotopic (exact) mass is 247 g/mol. The van der Waals surface area contributed by atoms with Gasteiger partial charge >= 0.3 is 0 Å². The predicted molar refractivity (Wildman–Crippen MR) is 71.7 cm³/mol. The average molecular weight is 247 g/mol. The van der Waals surface area contributed by atoms with Crippen molar-refractivity contribution in [2.75, 3.05) is 20.2 Å². The molecule has 1 heterocycles. The highest BCUT2D eigenvalue weighted by atomic mass is 16.5. The third kappa shape index (κ3) is 3.25. The quantitative estimate of drug-likeness (QED) is 0.821. The van der Waals surface area contributed by atoms with Gasteiger partial charge in [0.1, 0.15) is 5.75 Å². The molecule has 0 N–H and O–H groups in total. The van der Waals surface area contributed by atoms with Gasteiger partial charge in [-0.05, 0) is 36.5 Å². The maximum absolute atomic E-state index is 12.2. The fourth-order valence-corrected chi connectivity index (χ4v) is 2.33. The number of piperidine rings is 1. The molecule has 1 amide bonds. The van der Waals surface area contributed by atoms with Crippen LogP contribution in [0.3, 0.4) is 0 Å². The molecule has 0 spiro atoms. The first-order chi connectivity index (χ1) is 8.69. The molecule has 1 aromatic rings. The van der Waals surface area contributed by atoms with Crippen LogP contribution in [0.2, 0.25) is 0 Å². The van der Waals surface area contributed by atoms with Gasteiger partial charge in [0.15, 0.2) is 0 Å². The van der Waals surface area contributed by atoms with E-state index in [-0.39, 0.29) is 5.91 Å². The lowest BCUT2D eigenvalue weighted by atomic mass is 9.98. The molecule has 3 heteroatoms. The van der Waals surface area contributed by atoms with Crippen molar-refractivity contribution in [3.63, 3.8) is 0 Å². The molecule has 0 saturated carbocycles. The zero-order valence-electron chi connectivity index (χ0n) is 11.2. The molecule has 18 heavy (non-hydrogen) atoms. The number of carbonyl (C=O) groups is 1. The summed E-state index contributed by atoms with van der Waals surface area (Å²) in [6.07, 6.45) is 2.74. The molecule has 0 atom stereocenters. The third-order valence-electron chi connectivity index (χ3n) is 3.63. The highest BCUT2D eigenvalue weighted by molar-refractivity contribution is 5.79. The van der Waals surface area contributed by atoms with Crippen molar-refractivity contribution in [2.24, 2.45) is 5.92 Å². The SMILES string of the molecule is COc1cccc(CC(=O)N2CCC(C)CC2)c1. The van der Waals surface area contributed by atoms with E-state index < -0.39 is 0 Å². The molecular weight excluding hydrogens is 226 g/mol. The van der Waals surface area contributed by atoms with Gasteiger partial charge in [-0.2, -0.15) is 0 Å². The first kappa shape index (κ1) is 12.9. The highest BCUT2D eigenvalue weighted by Gasteiger charge is 2.20. The second kappa shape index (κ2) is 5.89.